The van der Waals surface area contributed by atoms with Crippen LogP contribution in [0.4, 0.5) is 24.9 Å². The van der Waals surface area contributed by atoms with Crippen LogP contribution < -0.4 is 10.6 Å². The highest BCUT2D eigenvalue weighted by atomic mass is 19.4. The number of nitrogens with zero attached hydrogens (tertiary/aromatic N) is 2. The van der Waals surface area contributed by atoms with E-state index in [-0.39, 0.29) is 17.4 Å². The summed E-state index contributed by atoms with van der Waals surface area (Å²) in [6.07, 6.45) is -0.693. The number of anilines is 2. The molecular formula is C17H11F3N4O3. The first-order chi connectivity index (χ1) is 12.8. The average molecular weight is 376 g/mol. The van der Waals surface area contributed by atoms with Gasteiger partial charge in [0.25, 0.3) is 11.8 Å². The number of amides is 2. The average Bonchev–Trinajstić information content (AvgIpc) is 3.10. The summed E-state index contributed by atoms with van der Waals surface area (Å²) in [7, 11) is 0. The summed E-state index contributed by atoms with van der Waals surface area (Å²) in [5.74, 6) is -1.31. The minimum atomic E-state index is -4.53. The van der Waals surface area contributed by atoms with Gasteiger partial charge in [0.15, 0.2) is 5.69 Å². The second kappa shape index (κ2) is 7.28. The molecule has 0 atom stereocenters. The SMILES string of the molecule is O=C(Nc1nc(C(=O)Nc2cccc(C(F)(F)F)c2)co1)c1ccncc1. The fraction of sp³-hybridized carbons (Fsp3) is 0.0588. The summed E-state index contributed by atoms with van der Waals surface area (Å²) in [4.78, 5) is 31.7. The number of hydrogen-bond donors (Lipinski definition) is 2. The third kappa shape index (κ3) is 4.48. The van der Waals surface area contributed by atoms with Crippen LogP contribution in [0, 0.1) is 0 Å². The van der Waals surface area contributed by atoms with E-state index in [1.807, 2.05) is 0 Å². The van der Waals surface area contributed by atoms with Crippen molar-refractivity contribution < 1.29 is 27.2 Å². The topological polar surface area (TPSA) is 97.1 Å². The highest BCUT2D eigenvalue weighted by molar-refractivity contribution is 6.05. The van der Waals surface area contributed by atoms with Crippen molar-refractivity contribution in [2.45, 2.75) is 6.18 Å². The molecule has 1 aromatic carbocycles. The lowest BCUT2D eigenvalue weighted by molar-refractivity contribution is -0.137. The lowest BCUT2D eigenvalue weighted by Gasteiger charge is -2.09. The predicted molar refractivity (Wildman–Crippen MR) is 88.1 cm³/mol. The van der Waals surface area contributed by atoms with Crippen LogP contribution >= 0.6 is 0 Å². The number of hydrogen-bond acceptors (Lipinski definition) is 5. The first kappa shape index (κ1) is 18.1. The number of nitrogens with one attached hydrogen (secondary N) is 2. The maximum atomic E-state index is 12.7. The Balaban J connectivity index is 1.68. The Hall–Kier alpha value is -3.69. The molecule has 3 aromatic rings. The fourth-order valence-corrected chi connectivity index (χ4v) is 2.08. The molecule has 10 heteroatoms. The first-order valence-corrected chi connectivity index (χ1v) is 7.48. The van der Waals surface area contributed by atoms with E-state index in [1.165, 1.54) is 36.7 Å². The summed E-state index contributed by atoms with van der Waals surface area (Å²) in [6, 6.07) is 6.87. The summed E-state index contributed by atoms with van der Waals surface area (Å²) < 4.78 is 43.1. The molecule has 3 rings (SSSR count). The van der Waals surface area contributed by atoms with Gasteiger partial charge in [0.2, 0.25) is 0 Å². The normalized spacial score (nSPS) is 11.1. The quantitative estimate of drug-likeness (QED) is 0.725. The zero-order valence-corrected chi connectivity index (χ0v) is 13.4. The van der Waals surface area contributed by atoms with Crippen molar-refractivity contribution in [1.29, 1.82) is 0 Å². The number of halogens is 3. The van der Waals surface area contributed by atoms with Gasteiger partial charge in [-0.1, -0.05) is 6.07 Å². The highest BCUT2D eigenvalue weighted by Crippen LogP contribution is 2.30. The van der Waals surface area contributed by atoms with Gasteiger partial charge in [-0.2, -0.15) is 18.2 Å². The number of benzene rings is 1. The van der Waals surface area contributed by atoms with Gasteiger partial charge in [-0.15, -0.1) is 0 Å². The Morgan fingerprint density at radius 2 is 1.74 bits per heavy atom. The van der Waals surface area contributed by atoms with Crippen LogP contribution in [0.5, 0.6) is 0 Å². The van der Waals surface area contributed by atoms with Gasteiger partial charge in [0.1, 0.15) is 6.26 Å². The van der Waals surface area contributed by atoms with Crippen LogP contribution in [-0.2, 0) is 6.18 Å². The molecular weight excluding hydrogens is 365 g/mol. The third-order valence-corrected chi connectivity index (χ3v) is 3.35. The third-order valence-electron chi connectivity index (χ3n) is 3.35. The van der Waals surface area contributed by atoms with Crippen LogP contribution in [0.25, 0.3) is 0 Å². The summed E-state index contributed by atoms with van der Waals surface area (Å²) in [6.45, 7) is 0. The van der Waals surface area contributed by atoms with Crippen molar-refractivity contribution >= 4 is 23.5 Å². The molecule has 138 valence electrons. The minimum absolute atomic E-state index is 0.0554. The summed E-state index contributed by atoms with van der Waals surface area (Å²) >= 11 is 0. The second-order valence-electron chi connectivity index (χ2n) is 5.26. The van der Waals surface area contributed by atoms with Gasteiger partial charge in [-0.25, -0.2) is 0 Å². The molecule has 0 spiro atoms. The zero-order chi connectivity index (χ0) is 19.4. The van der Waals surface area contributed by atoms with Gasteiger partial charge >= 0.3 is 12.2 Å². The maximum absolute atomic E-state index is 12.7. The molecule has 0 aliphatic rings. The Morgan fingerprint density at radius 3 is 2.44 bits per heavy atom. The molecule has 0 radical (unpaired) electrons. The molecule has 0 aliphatic carbocycles. The number of rotatable bonds is 4. The van der Waals surface area contributed by atoms with E-state index < -0.39 is 23.6 Å². The van der Waals surface area contributed by atoms with Crippen molar-refractivity contribution in [1.82, 2.24) is 9.97 Å². The first-order valence-electron chi connectivity index (χ1n) is 7.48. The van der Waals surface area contributed by atoms with Crippen LogP contribution in [0.15, 0.2) is 59.5 Å². The monoisotopic (exact) mass is 376 g/mol. The van der Waals surface area contributed by atoms with Crippen molar-refractivity contribution in [2.75, 3.05) is 10.6 Å². The molecule has 0 fully saturated rings. The van der Waals surface area contributed by atoms with Gasteiger partial charge in [-0.3, -0.25) is 19.9 Å². The number of pyridine rings is 1. The number of carbonyl (C=O) groups excluding carboxylic acids is 2. The Morgan fingerprint density at radius 1 is 1.00 bits per heavy atom. The standard InChI is InChI=1S/C17H11F3N4O3/c18-17(19,20)11-2-1-3-12(8-11)22-15(26)13-9-27-16(23-13)24-14(25)10-4-6-21-7-5-10/h1-9H,(H,22,26)(H,23,24,25). The van der Waals surface area contributed by atoms with E-state index in [2.05, 4.69) is 20.6 Å². The van der Waals surface area contributed by atoms with E-state index in [1.54, 1.807) is 0 Å². The van der Waals surface area contributed by atoms with Crippen LogP contribution in [0.3, 0.4) is 0 Å². The van der Waals surface area contributed by atoms with Crippen LogP contribution in [-0.4, -0.2) is 21.8 Å². The van der Waals surface area contributed by atoms with Gasteiger partial charge in [0, 0.05) is 23.6 Å². The molecule has 0 aliphatic heterocycles. The molecule has 2 aromatic heterocycles. The van der Waals surface area contributed by atoms with Crippen molar-refractivity contribution in [3.8, 4) is 0 Å². The van der Waals surface area contributed by atoms with Crippen molar-refractivity contribution in [3.63, 3.8) is 0 Å². The second-order valence-corrected chi connectivity index (χ2v) is 5.26. The molecule has 2 N–H and O–H groups in total. The zero-order valence-electron chi connectivity index (χ0n) is 13.4. The van der Waals surface area contributed by atoms with E-state index in [9.17, 15) is 22.8 Å². The fourth-order valence-electron chi connectivity index (χ4n) is 2.08. The van der Waals surface area contributed by atoms with E-state index in [0.717, 1.165) is 18.4 Å². The van der Waals surface area contributed by atoms with Crippen LogP contribution in [0.2, 0.25) is 0 Å². The molecule has 2 heterocycles. The summed E-state index contributed by atoms with van der Waals surface area (Å²) in [5, 5.41) is 4.64. The van der Waals surface area contributed by atoms with Gasteiger partial charge in [0.05, 0.1) is 5.56 Å². The summed E-state index contributed by atoms with van der Waals surface area (Å²) in [5.41, 5.74) is -0.860. The Bertz CT molecular complexity index is 971. The molecule has 2 amide bonds. The molecule has 0 bridgehead atoms. The lowest BCUT2D eigenvalue weighted by atomic mass is 10.2. The van der Waals surface area contributed by atoms with E-state index >= 15 is 0 Å². The van der Waals surface area contributed by atoms with E-state index in [4.69, 9.17) is 4.42 Å². The van der Waals surface area contributed by atoms with E-state index in [0.29, 0.717) is 5.56 Å². The molecule has 27 heavy (non-hydrogen) atoms. The number of oxazole rings is 1. The smallest absolute Gasteiger partial charge is 0.416 e. The number of alkyl halides is 3. The van der Waals surface area contributed by atoms with Gasteiger partial charge in [-0.05, 0) is 30.3 Å². The molecule has 0 saturated heterocycles. The maximum Gasteiger partial charge on any atom is 0.416 e. The van der Waals surface area contributed by atoms with Crippen LogP contribution in [0.1, 0.15) is 26.4 Å². The largest absolute Gasteiger partial charge is 0.431 e. The Kier molecular flexibility index (Phi) is 4.88. The number of carbonyl (C=O) groups is 2. The Labute approximate surface area is 150 Å². The molecule has 7 nitrogen and oxygen atoms in total. The highest BCUT2D eigenvalue weighted by Gasteiger charge is 2.30. The lowest BCUT2D eigenvalue weighted by Crippen LogP contribution is -2.15. The molecule has 0 saturated carbocycles. The van der Waals surface area contributed by atoms with Crippen molar-refractivity contribution in [3.05, 3.63) is 71.9 Å². The van der Waals surface area contributed by atoms with Gasteiger partial charge < -0.3 is 9.73 Å². The van der Waals surface area contributed by atoms with Crippen molar-refractivity contribution in [2.24, 2.45) is 0 Å². The number of aromatic nitrogens is 2. The predicted octanol–water partition coefficient (Wildman–Crippen LogP) is 3.59. The molecule has 0 unspecified atom stereocenters. The minimum Gasteiger partial charge on any atom is -0.431 e.